The van der Waals surface area contributed by atoms with E-state index in [2.05, 4.69) is 10.6 Å². The molecule has 138 valence electrons. The number of carbonyl (C=O) groups excluding carboxylic acids is 2. The van der Waals surface area contributed by atoms with Gasteiger partial charge in [0.15, 0.2) is 0 Å². The Kier molecular flexibility index (Phi) is 4.75. The molecule has 9 nitrogen and oxygen atoms in total. The number of allylic oxidation sites excluding steroid dienone is 1. The van der Waals surface area contributed by atoms with Crippen LogP contribution in [0, 0.1) is 10.1 Å². The van der Waals surface area contributed by atoms with E-state index in [1.165, 1.54) is 6.92 Å². The van der Waals surface area contributed by atoms with Crippen molar-refractivity contribution in [1.29, 1.82) is 0 Å². The molecule has 0 aliphatic carbocycles. The summed E-state index contributed by atoms with van der Waals surface area (Å²) in [4.78, 5) is 35.0. The van der Waals surface area contributed by atoms with Crippen molar-refractivity contribution in [3.8, 4) is 11.5 Å². The lowest BCUT2D eigenvalue weighted by molar-refractivity contribution is -0.385. The summed E-state index contributed by atoms with van der Waals surface area (Å²) in [5.41, 5.74) is -0.0349. The van der Waals surface area contributed by atoms with Gasteiger partial charge in [0, 0.05) is 23.4 Å². The first-order valence-electron chi connectivity index (χ1n) is 7.89. The predicted octanol–water partition coefficient (Wildman–Crippen LogP) is 2.53. The molecule has 3 N–H and O–H groups in total. The Hall–Kier alpha value is -3.88. The van der Waals surface area contributed by atoms with Crippen molar-refractivity contribution < 1.29 is 24.4 Å². The average Bonchev–Trinajstić information content (AvgIpc) is 2.62. The van der Waals surface area contributed by atoms with E-state index in [1.807, 2.05) is 0 Å². The number of nitrogens with one attached hydrogen (secondary N) is 2. The van der Waals surface area contributed by atoms with Crippen molar-refractivity contribution >= 4 is 17.7 Å². The molecule has 0 saturated carbocycles. The van der Waals surface area contributed by atoms with Crippen LogP contribution in [0.5, 0.6) is 11.5 Å². The highest BCUT2D eigenvalue weighted by Gasteiger charge is 2.34. The van der Waals surface area contributed by atoms with E-state index < -0.39 is 23.0 Å². The molecule has 0 fully saturated rings. The van der Waals surface area contributed by atoms with Gasteiger partial charge >= 0.3 is 12.0 Å². The number of carbonyl (C=O) groups is 2. The Balaban J connectivity index is 2.03. The lowest BCUT2D eigenvalue weighted by atomic mass is 9.94. The van der Waals surface area contributed by atoms with E-state index in [-0.39, 0.29) is 28.3 Å². The smallest absolute Gasteiger partial charge is 0.343 e. The van der Waals surface area contributed by atoms with Gasteiger partial charge in [-0.1, -0.05) is 18.2 Å². The van der Waals surface area contributed by atoms with Crippen LogP contribution in [-0.2, 0) is 4.79 Å². The number of ether oxygens (including phenoxy) is 1. The number of phenolic OH excluding ortho intramolecular Hbond substituents is 1. The van der Waals surface area contributed by atoms with Gasteiger partial charge in [-0.05, 0) is 25.1 Å². The van der Waals surface area contributed by atoms with Crippen LogP contribution < -0.4 is 15.4 Å². The van der Waals surface area contributed by atoms with Crippen LogP contribution in [-0.4, -0.2) is 22.0 Å². The third-order valence-corrected chi connectivity index (χ3v) is 3.98. The van der Waals surface area contributed by atoms with Crippen molar-refractivity contribution in [2.75, 3.05) is 0 Å². The van der Waals surface area contributed by atoms with Crippen LogP contribution >= 0.6 is 0 Å². The van der Waals surface area contributed by atoms with Crippen molar-refractivity contribution in [2.24, 2.45) is 0 Å². The number of urea groups is 1. The third-order valence-electron chi connectivity index (χ3n) is 3.98. The molecule has 1 aliphatic rings. The number of nitrogens with zero attached hydrogens (tertiary/aromatic N) is 1. The number of nitro benzene ring substituents is 1. The van der Waals surface area contributed by atoms with Crippen molar-refractivity contribution in [2.45, 2.75) is 13.0 Å². The minimum Gasteiger partial charge on any atom is -0.508 e. The van der Waals surface area contributed by atoms with Crippen molar-refractivity contribution in [1.82, 2.24) is 10.6 Å². The van der Waals surface area contributed by atoms with E-state index in [9.17, 15) is 24.8 Å². The molecule has 1 unspecified atom stereocenters. The number of rotatable bonds is 4. The van der Waals surface area contributed by atoms with Crippen LogP contribution in [0.4, 0.5) is 10.5 Å². The normalized spacial score (nSPS) is 16.3. The zero-order valence-electron chi connectivity index (χ0n) is 14.1. The van der Waals surface area contributed by atoms with E-state index in [0.717, 1.165) is 18.2 Å². The first-order chi connectivity index (χ1) is 12.9. The highest BCUT2D eigenvalue weighted by atomic mass is 16.6. The molecule has 0 spiro atoms. The Labute approximate surface area is 153 Å². The molecule has 0 saturated heterocycles. The fourth-order valence-corrected chi connectivity index (χ4v) is 2.73. The SMILES string of the molecule is CC1=C(C(=O)Oc2ccccc2)C(c2cc([N+](=O)[O-])ccc2O)NC(=O)N1. The van der Waals surface area contributed by atoms with E-state index in [4.69, 9.17) is 4.74 Å². The molecule has 2 aromatic rings. The maximum atomic E-state index is 12.7. The topological polar surface area (TPSA) is 131 Å². The minimum atomic E-state index is -1.12. The molecule has 0 radical (unpaired) electrons. The standard InChI is InChI=1S/C18H15N3O6/c1-10-15(17(23)27-12-5-3-2-4-6-12)16(20-18(24)19-10)13-9-11(21(25)26)7-8-14(13)22/h2-9,16,22H,1H3,(H2,19,20,24). The second kappa shape index (κ2) is 7.16. The zero-order valence-corrected chi connectivity index (χ0v) is 14.1. The predicted molar refractivity (Wildman–Crippen MR) is 93.9 cm³/mol. The summed E-state index contributed by atoms with van der Waals surface area (Å²) in [7, 11) is 0. The van der Waals surface area contributed by atoms with Gasteiger partial charge in [-0.15, -0.1) is 0 Å². The van der Waals surface area contributed by atoms with E-state index >= 15 is 0 Å². The highest BCUT2D eigenvalue weighted by Crippen LogP contribution is 2.35. The van der Waals surface area contributed by atoms with Gasteiger partial charge < -0.3 is 20.5 Å². The minimum absolute atomic E-state index is 0.0124. The average molecular weight is 369 g/mol. The largest absolute Gasteiger partial charge is 0.508 e. The maximum absolute atomic E-state index is 12.7. The number of hydrogen-bond donors (Lipinski definition) is 3. The first kappa shape index (κ1) is 17.9. The Morgan fingerprint density at radius 1 is 1.22 bits per heavy atom. The summed E-state index contributed by atoms with van der Waals surface area (Å²) < 4.78 is 5.33. The molecular weight excluding hydrogens is 354 g/mol. The third kappa shape index (κ3) is 3.71. The zero-order chi connectivity index (χ0) is 19.6. The Morgan fingerprint density at radius 3 is 2.59 bits per heavy atom. The molecular formula is C18H15N3O6. The summed E-state index contributed by atoms with van der Waals surface area (Å²) >= 11 is 0. The summed E-state index contributed by atoms with van der Waals surface area (Å²) in [5.74, 6) is -0.769. The quantitative estimate of drug-likeness (QED) is 0.328. The summed E-state index contributed by atoms with van der Waals surface area (Å²) in [6.45, 7) is 1.50. The lowest BCUT2D eigenvalue weighted by Gasteiger charge is -2.28. The Bertz CT molecular complexity index is 955. The number of phenols is 1. The van der Waals surface area contributed by atoms with Gasteiger partial charge in [0.1, 0.15) is 11.5 Å². The van der Waals surface area contributed by atoms with Crippen molar-refractivity contribution in [3.05, 3.63) is 75.5 Å². The van der Waals surface area contributed by atoms with Gasteiger partial charge in [-0.25, -0.2) is 9.59 Å². The number of amides is 2. The molecule has 2 aromatic carbocycles. The van der Waals surface area contributed by atoms with Gasteiger partial charge in [-0.2, -0.15) is 0 Å². The van der Waals surface area contributed by atoms with Crippen LogP contribution in [0.1, 0.15) is 18.5 Å². The van der Waals surface area contributed by atoms with Crippen LogP contribution in [0.25, 0.3) is 0 Å². The molecule has 3 rings (SSSR count). The first-order valence-corrected chi connectivity index (χ1v) is 7.89. The van der Waals surface area contributed by atoms with Gasteiger partial charge in [0.2, 0.25) is 0 Å². The van der Waals surface area contributed by atoms with Crippen LogP contribution in [0.2, 0.25) is 0 Å². The van der Waals surface area contributed by atoms with Crippen LogP contribution in [0.15, 0.2) is 59.8 Å². The lowest BCUT2D eigenvalue weighted by Crippen LogP contribution is -2.45. The van der Waals surface area contributed by atoms with Crippen molar-refractivity contribution in [3.63, 3.8) is 0 Å². The van der Waals surface area contributed by atoms with E-state index in [0.29, 0.717) is 5.75 Å². The molecule has 1 aliphatic heterocycles. The number of benzene rings is 2. The van der Waals surface area contributed by atoms with E-state index in [1.54, 1.807) is 30.3 Å². The number of para-hydroxylation sites is 1. The fraction of sp³-hybridized carbons (Fsp3) is 0.111. The Morgan fingerprint density at radius 2 is 1.93 bits per heavy atom. The van der Waals surface area contributed by atoms with Gasteiger partial charge in [0.25, 0.3) is 5.69 Å². The molecule has 1 atom stereocenters. The second-order valence-electron chi connectivity index (χ2n) is 5.77. The van der Waals surface area contributed by atoms with Crippen LogP contribution in [0.3, 0.4) is 0 Å². The summed E-state index contributed by atoms with van der Waals surface area (Å²) in [6.07, 6.45) is 0. The molecule has 0 bridgehead atoms. The summed E-state index contributed by atoms with van der Waals surface area (Å²) in [6, 6.07) is 9.95. The van der Waals surface area contributed by atoms with Gasteiger partial charge in [0.05, 0.1) is 16.5 Å². The monoisotopic (exact) mass is 369 g/mol. The number of nitro groups is 1. The van der Waals surface area contributed by atoms with Gasteiger partial charge in [-0.3, -0.25) is 10.1 Å². The maximum Gasteiger partial charge on any atom is 0.343 e. The number of non-ortho nitro benzene ring substituents is 1. The molecule has 9 heteroatoms. The highest BCUT2D eigenvalue weighted by molar-refractivity contribution is 5.96. The fourth-order valence-electron chi connectivity index (χ4n) is 2.73. The second-order valence-corrected chi connectivity index (χ2v) is 5.77. The number of esters is 1. The number of aromatic hydroxyl groups is 1. The summed E-state index contributed by atoms with van der Waals surface area (Å²) in [5, 5.41) is 26.2. The number of hydrogen-bond acceptors (Lipinski definition) is 6. The molecule has 2 amide bonds. The molecule has 0 aromatic heterocycles. The molecule has 27 heavy (non-hydrogen) atoms. The molecule has 1 heterocycles.